The van der Waals surface area contributed by atoms with Crippen molar-refractivity contribution >= 4 is 28.2 Å². The van der Waals surface area contributed by atoms with E-state index in [0.29, 0.717) is 28.7 Å². The van der Waals surface area contributed by atoms with Crippen LogP contribution in [0.2, 0.25) is 0 Å². The highest BCUT2D eigenvalue weighted by molar-refractivity contribution is 7.80. The van der Waals surface area contributed by atoms with Crippen LogP contribution in [-0.4, -0.2) is 52.9 Å². The standard InChI is InChI=1S/C27H34N4O3S/c1-4-30(5-2)12-9-13-31(27(35)28-19(3)20-10-7-6-8-11-20)17-22-14-21-15-24-25(34-18-33-24)16-23(21)29-26(22)32/h6-8,10-11,14-16,19H,4-5,9,12-13,17-18H2,1-3H3,(H,28,35)(H,29,32)/t19-/m1/s1. The predicted molar refractivity (Wildman–Crippen MR) is 144 cm³/mol. The molecule has 4 rings (SSSR count). The van der Waals surface area contributed by atoms with Gasteiger partial charge in [0.05, 0.1) is 18.1 Å². The number of ether oxygens (including phenoxy) is 2. The summed E-state index contributed by atoms with van der Waals surface area (Å²) in [4.78, 5) is 20.5. The largest absolute Gasteiger partial charge is 0.454 e. The molecule has 1 aromatic heterocycles. The van der Waals surface area contributed by atoms with Crippen molar-refractivity contribution in [1.29, 1.82) is 0 Å². The van der Waals surface area contributed by atoms with Gasteiger partial charge < -0.3 is 29.6 Å². The Bertz CT molecular complexity index is 1210. The van der Waals surface area contributed by atoms with E-state index in [4.69, 9.17) is 21.7 Å². The number of aromatic nitrogens is 1. The molecule has 8 heteroatoms. The summed E-state index contributed by atoms with van der Waals surface area (Å²) in [6, 6.07) is 15.9. The van der Waals surface area contributed by atoms with Crippen molar-refractivity contribution in [2.24, 2.45) is 0 Å². The second-order valence-corrected chi connectivity index (χ2v) is 9.19. The maximum atomic E-state index is 13.0. The molecule has 0 fully saturated rings. The van der Waals surface area contributed by atoms with Crippen LogP contribution in [0.3, 0.4) is 0 Å². The van der Waals surface area contributed by atoms with Crippen LogP contribution in [-0.2, 0) is 6.54 Å². The normalized spacial score (nSPS) is 13.3. The van der Waals surface area contributed by atoms with Gasteiger partial charge >= 0.3 is 0 Å². The molecule has 1 aliphatic rings. The molecule has 186 valence electrons. The van der Waals surface area contributed by atoms with Crippen molar-refractivity contribution < 1.29 is 9.47 Å². The smallest absolute Gasteiger partial charge is 0.253 e. The van der Waals surface area contributed by atoms with Crippen LogP contribution in [0.5, 0.6) is 11.5 Å². The van der Waals surface area contributed by atoms with Gasteiger partial charge in [-0.05, 0) is 62.9 Å². The first kappa shape index (κ1) is 25.0. The second kappa shape index (κ2) is 11.6. The Balaban J connectivity index is 1.54. The lowest BCUT2D eigenvalue weighted by molar-refractivity contribution is 0.174. The average Bonchev–Trinajstić information content (AvgIpc) is 3.32. The van der Waals surface area contributed by atoms with Gasteiger partial charge in [-0.1, -0.05) is 44.2 Å². The maximum absolute atomic E-state index is 13.0. The number of benzene rings is 2. The van der Waals surface area contributed by atoms with Gasteiger partial charge in [0, 0.05) is 23.6 Å². The molecule has 0 saturated carbocycles. The third kappa shape index (κ3) is 6.13. The van der Waals surface area contributed by atoms with E-state index in [1.54, 1.807) is 0 Å². The molecule has 1 atom stereocenters. The molecule has 35 heavy (non-hydrogen) atoms. The summed E-state index contributed by atoms with van der Waals surface area (Å²) in [7, 11) is 0. The fraction of sp³-hybridized carbons (Fsp3) is 0.407. The number of aromatic amines is 1. The van der Waals surface area contributed by atoms with Gasteiger partial charge in [0.1, 0.15) is 0 Å². The summed E-state index contributed by atoms with van der Waals surface area (Å²) in [6.07, 6.45) is 0.952. The van der Waals surface area contributed by atoms with Crippen molar-refractivity contribution in [3.05, 3.63) is 70.0 Å². The van der Waals surface area contributed by atoms with E-state index < -0.39 is 0 Å². The summed E-state index contributed by atoms with van der Waals surface area (Å²) in [5.74, 6) is 1.35. The van der Waals surface area contributed by atoms with Crippen molar-refractivity contribution in [1.82, 2.24) is 20.1 Å². The molecule has 7 nitrogen and oxygen atoms in total. The van der Waals surface area contributed by atoms with Gasteiger partial charge in [-0.3, -0.25) is 4.79 Å². The van der Waals surface area contributed by atoms with Crippen LogP contribution in [0.25, 0.3) is 10.9 Å². The molecule has 0 unspecified atom stereocenters. The van der Waals surface area contributed by atoms with Crippen LogP contribution in [0.1, 0.15) is 44.4 Å². The van der Waals surface area contributed by atoms with E-state index >= 15 is 0 Å². The third-order valence-electron chi connectivity index (χ3n) is 6.50. The first-order chi connectivity index (χ1) is 17.0. The first-order valence-corrected chi connectivity index (χ1v) is 12.7. The number of nitrogens with zero attached hydrogens (tertiary/aromatic N) is 2. The number of fused-ring (bicyclic) bond motifs is 2. The average molecular weight is 495 g/mol. The summed E-state index contributed by atoms with van der Waals surface area (Å²) in [5.41, 5.74) is 2.44. The van der Waals surface area contributed by atoms with E-state index in [-0.39, 0.29) is 18.4 Å². The number of pyridine rings is 1. The molecule has 0 bridgehead atoms. The van der Waals surface area contributed by atoms with Crippen LogP contribution in [0.4, 0.5) is 0 Å². The van der Waals surface area contributed by atoms with Gasteiger partial charge in [-0.15, -0.1) is 0 Å². The molecule has 2 heterocycles. The minimum atomic E-state index is -0.121. The van der Waals surface area contributed by atoms with Crippen LogP contribution >= 0.6 is 12.2 Å². The number of thiocarbonyl (C=S) groups is 1. The zero-order valence-electron chi connectivity index (χ0n) is 20.7. The lowest BCUT2D eigenvalue weighted by atomic mass is 10.1. The molecular formula is C27H34N4O3S. The molecule has 0 aliphatic carbocycles. The molecule has 1 aliphatic heterocycles. The van der Waals surface area contributed by atoms with Gasteiger partial charge in [0.15, 0.2) is 16.6 Å². The monoisotopic (exact) mass is 494 g/mol. The fourth-order valence-electron chi connectivity index (χ4n) is 4.34. The summed E-state index contributed by atoms with van der Waals surface area (Å²) in [5, 5.41) is 5.02. The Labute approximate surface area is 212 Å². The molecular weight excluding hydrogens is 460 g/mol. The highest BCUT2D eigenvalue weighted by Crippen LogP contribution is 2.35. The Morgan fingerprint density at radius 2 is 1.80 bits per heavy atom. The van der Waals surface area contributed by atoms with Gasteiger partial charge in [0.2, 0.25) is 6.79 Å². The topological polar surface area (TPSA) is 69.8 Å². The molecule has 0 saturated heterocycles. The summed E-state index contributed by atoms with van der Waals surface area (Å²) >= 11 is 5.84. The summed E-state index contributed by atoms with van der Waals surface area (Å²) in [6.45, 7) is 10.8. The van der Waals surface area contributed by atoms with Crippen LogP contribution < -0.4 is 20.3 Å². The maximum Gasteiger partial charge on any atom is 0.253 e. The molecule has 2 N–H and O–H groups in total. The number of H-pyrrole nitrogens is 1. The quantitative estimate of drug-likeness (QED) is 0.404. The fourth-order valence-corrected chi connectivity index (χ4v) is 4.68. The molecule has 2 aromatic carbocycles. The third-order valence-corrected chi connectivity index (χ3v) is 6.88. The van der Waals surface area contributed by atoms with Crippen LogP contribution in [0.15, 0.2) is 53.3 Å². The number of nitrogens with one attached hydrogen (secondary N) is 2. The van der Waals surface area contributed by atoms with Crippen molar-refractivity contribution in [2.75, 3.05) is 33.0 Å². The summed E-state index contributed by atoms with van der Waals surface area (Å²) < 4.78 is 11.0. The highest BCUT2D eigenvalue weighted by Gasteiger charge is 2.18. The zero-order valence-corrected chi connectivity index (χ0v) is 21.5. The van der Waals surface area contributed by atoms with E-state index in [0.717, 1.165) is 49.1 Å². The minimum Gasteiger partial charge on any atom is -0.454 e. The molecule has 0 amide bonds. The van der Waals surface area contributed by atoms with Gasteiger partial charge in [0.25, 0.3) is 5.56 Å². The Morgan fingerprint density at radius 1 is 1.09 bits per heavy atom. The SMILES string of the molecule is CCN(CC)CCCN(Cc1cc2cc3c(cc2[nH]c1=O)OCO3)C(=S)N[C@H](C)c1ccccc1. The highest BCUT2D eigenvalue weighted by atomic mass is 32.1. The van der Waals surface area contributed by atoms with E-state index in [2.05, 4.69) is 53.0 Å². The first-order valence-electron chi connectivity index (χ1n) is 12.3. The second-order valence-electron chi connectivity index (χ2n) is 8.80. The Hall–Kier alpha value is -3.10. The number of hydrogen-bond acceptors (Lipinski definition) is 5. The lowest BCUT2D eigenvalue weighted by Crippen LogP contribution is -2.42. The van der Waals surface area contributed by atoms with E-state index in [9.17, 15) is 4.79 Å². The Morgan fingerprint density at radius 3 is 2.51 bits per heavy atom. The minimum absolute atomic E-state index is 0.0589. The number of hydrogen-bond donors (Lipinski definition) is 2. The Kier molecular flexibility index (Phi) is 8.25. The van der Waals surface area contributed by atoms with Gasteiger partial charge in [-0.2, -0.15) is 0 Å². The molecule has 3 aromatic rings. The molecule has 0 radical (unpaired) electrons. The predicted octanol–water partition coefficient (Wildman–Crippen LogP) is 4.43. The van der Waals surface area contributed by atoms with Crippen molar-refractivity contribution in [3.63, 3.8) is 0 Å². The zero-order chi connectivity index (χ0) is 24.8. The van der Waals surface area contributed by atoms with E-state index in [1.165, 1.54) is 0 Å². The number of rotatable bonds is 10. The molecule has 0 spiro atoms. The van der Waals surface area contributed by atoms with Crippen molar-refractivity contribution in [3.8, 4) is 11.5 Å². The van der Waals surface area contributed by atoms with E-state index in [1.807, 2.05) is 36.4 Å². The van der Waals surface area contributed by atoms with Crippen molar-refractivity contribution in [2.45, 2.75) is 39.8 Å². The lowest BCUT2D eigenvalue weighted by Gasteiger charge is -2.29. The van der Waals surface area contributed by atoms with Gasteiger partial charge in [-0.25, -0.2) is 0 Å². The van der Waals surface area contributed by atoms with Crippen LogP contribution in [0, 0.1) is 0 Å².